The number of hydrogen-bond acceptors (Lipinski definition) is 1. The van der Waals surface area contributed by atoms with Gasteiger partial charge in [0.2, 0.25) is 5.96 Å². The Kier molecular flexibility index (Phi) is 4.32. The molecule has 16 heavy (non-hydrogen) atoms. The lowest BCUT2D eigenvalue weighted by Crippen LogP contribution is -2.26. The predicted octanol–water partition coefficient (Wildman–Crippen LogP) is 0.337. The van der Waals surface area contributed by atoms with E-state index in [-0.39, 0.29) is 11.9 Å². The van der Waals surface area contributed by atoms with Crippen LogP contribution in [-0.4, -0.2) is 11.9 Å². The number of benzene rings is 1. The Morgan fingerprint density at radius 2 is 1.75 bits per heavy atom. The fraction of sp³-hybridized carbons (Fsp3) is 0.273. The van der Waals surface area contributed by atoms with Crippen molar-refractivity contribution in [1.82, 2.24) is 0 Å². The van der Waals surface area contributed by atoms with Crippen molar-refractivity contribution in [2.24, 2.45) is 27.2 Å². The summed E-state index contributed by atoms with van der Waals surface area (Å²) in [5.41, 5.74) is 18.3. The van der Waals surface area contributed by atoms with Gasteiger partial charge >= 0.3 is 0 Å². The van der Waals surface area contributed by atoms with Crippen LogP contribution < -0.4 is 17.2 Å². The van der Waals surface area contributed by atoms with E-state index in [9.17, 15) is 0 Å². The summed E-state index contributed by atoms with van der Waals surface area (Å²) in [5, 5.41) is 0. The SMILES string of the molecule is CCc1ccccc1CN=C(N)N=C(N)N. The summed E-state index contributed by atoms with van der Waals surface area (Å²) in [6, 6.07) is 8.07. The Hall–Kier alpha value is -2.04. The van der Waals surface area contributed by atoms with Gasteiger partial charge in [-0.1, -0.05) is 31.2 Å². The molecule has 0 radical (unpaired) electrons. The highest BCUT2D eigenvalue weighted by Gasteiger charge is 1.98. The highest BCUT2D eigenvalue weighted by Crippen LogP contribution is 2.10. The molecule has 1 rings (SSSR count). The number of rotatable bonds is 3. The molecule has 0 unspecified atom stereocenters. The smallest absolute Gasteiger partial charge is 0.218 e. The minimum absolute atomic E-state index is 0.0787. The second-order valence-electron chi connectivity index (χ2n) is 3.33. The van der Waals surface area contributed by atoms with Gasteiger partial charge in [0.05, 0.1) is 6.54 Å². The van der Waals surface area contributed by atoms with Gasteiger partial charge in [-0.3, -0.25) is 0 Å². The summed E-state index contributed by atoms with van der Waals surface area (Å²) in [4.78, 5) is 7.74. The zero-order valence-corrected chi connectivity index (χ0v) is 9.35. The first-order valence-electron chi connectivity index (χ1n) is 5.09. The van der Waals surface area contributed by atoms with Gasteiger partial charge in [-0.15, -0.1) is 0 Å². The molecule has 86 valence electrons. The van der Waals surface area contributed by atoms with E-state index in [1.807, 2.05) is 18.2 Å². The van der Waals surface area contributed by atoms with Gasteiger partial charge in [-0.25, -0.2) is 4.99 Å². The molecule has 0 aliphatic carbocycles. The minimum atomic E-state index is -0.0787. The molecule has 0 saturated carbocycles. The molecule has 0 atom stereocenters. The predicted molar refractivity (Wildman–Crippen MR) is 67.0 cm³/mol. The monoisotopic (exact) mass is 219 g/mol. The first-order chi connectivity index (χ1) is 7.63. The van der Waals surface area contributed by atoms with Crippen LogP contribution in [0.1, 0.15) is 18.1 Å². The van der Waals surface area contributed by atoms with E-state index in [0.29, 0.717) is 6.54 Å². The first-order valence-corrected chi connectivity index (χ1v) is 5.09. The Balaban J connectivity index is 2.78. The zero-order valence-electron chi connectivity index (χ0n) is 9.35. The maximum Gasteiger partial charge on any atom is 0.218 e. The topological polar surface area (TPSA) is 103 Å². The van der Waals surface area contributed by atoms with Crippen LogP contribution in [0.15, 0.2) is 34.3 Å². The maximum absolute atomic E-state index is 5.52. The molecule has 0 saturated heterocycles. The van der Waals surface area contributed by atoms with E-state index in [1.54, 1.807) is 0 Å². The highest BCUT2D eigenvalue weighted by molar-refractivity contribution is 5.92. The molecule has 0 amide bonds. The normalized spacial score (nSPS) is 11.2. The van der Waals surface area contributed by atoms with E-state index < -0.39 is 0 Å². The van der Waals surface area contributed by atoms with Crippen molar-refractivity contribution in [2.75, 3.05) is 0 Å². The molecule has 1 aromatic carbocycles. The van der Waals surface area contributed by atoms with Gasteiger partial charge < -0.3 is 17.2 Å². The Bertz CT molecular complexity index is 405. The van der Waals surface area contributed by atoms with Gasteiger partial charge in [-0.05, 0) is 17.5 Å². The molecule has 0 aliphatic rings. The van der Waals surface area contributed by atoms with Gasteiger partial charge in [0.15, 0.2) is 5.96 Å². The second-order valence-corrected chi connectivity index (χ2v) is 3.33. The maximum atomic E-state index is 5.52. The lowest BCUT2D eigenvalue weighted by molar-refractivity contribution is 0.996. The summed E-state index contributed by atoms with van der Waals surface area (Å²) in [6.07, 6.45) is 0.966. The highest BCUT2D eigenvalue weighted by atomic mass is 15.1. The van der Waals surface area contributed by atoms with Crippen molar-refractivity contribution < 1.29 is 0 Å². The molecular formula is C11H17N5. The van der Waals surface area contributed by atoms with Crippen molar-refractivity contribution in [3.8, 4) is 0 Å². The lowest BCUT2D eigenvalue weighted by atomic mass is 10.1. The second kappa shape index (κ2) is 5.75. The van der Waals surface area contributed by atoms with Crippen molar-refractivity contribution in [3.63, 3.8) is 0 Å². The molecule has 0 heterocycles. The number of guanidine groups is 2. The van der Waals surface area contributed by atoms with Gasteiger partial charge in [0, 0.05) is 0 Å². The summed E-state index contributed by atoms with van der Waals surface area (Å²) in [5.74, 6) is 0.0240. The average Bonchev–Trinajstić information content (AvgIpc) is 2.26. The van der Waals surface area contributed by atoms with Crippen LogP contribution in [0.5, 0.6) is 0 Å². The summed E-state index contributed by atoms with van der Waals surface area (Å²) in [7, 11) is 0. The number of nitrogens with zero attached hydrogens (tertiary/aromatic N) is 2. The average molecular weight is 219 g/mol. The number of nitrogens with two attached hydrogens (primary N) is 3. The van der Waals surface area contributed by atoms with Gasteiger partial charge in [-0.2, -0.15) is 4.99 Å². The fourth-order valence-corrected chi connectivity index (χ4v) is 1.39. The van der Waals surface area contributed by atoms with Crippen LogP contribution in [0, 0.1) is 0 Å². The van der Waals surface area contributed by atoms with Crippen molar-refractivity contribution in [3.05, 3.63) is 35.4 Å². The van der Waals surface area contributed by atoms with Gasteiger partial charge in [0.25, 0.3) is 0 Å². The number of aliphatic imine (C=N–C) groups is 2. The summed E-state index contributed by atoms with van der Waals surface area (Å²) >= 11 is 0. The Morgan fingerprint density at radius 1 is 1.12 bits per heavy atom. The minimum Gasteiger partial charge on any atom is -0.370 e. The molecule has 0 fully saturated rings. The summed E-state index contributed by atoms with van der Waals surface area (Å²) < 4.78 is 0. The van der Waals surface area contributed by atoms with E-state index in [1.165, 1.54) is 5.56 Å². The van der Waals surface area contributed by atoms with Crippen molar-refractivity contribution in [1.29, 1.82) is 0 Å². The van der Waals surface area contributed by atoms with E-state index in [2.05, 4.69) is 23.0 Å². The van der Waals surface area contributed by atoms with Crippen LogP contribution in [0.3, 0.4) is 0 Å². The number of aryl methyl sites for hydroxylation is 1. The molecule has 5 heteroatoms. The third-order valence-electron chi connectivity index (χ3n) is 2.15. The third kappa shape index (κ3) is 3.61. The van der Waals surface area contributed by atoms with Gasteiger partial charge in [0.1, 0.15) is 0 Å². The van der Waals surface area contributed by atoms with Crippen LogP contribution in [-0.2, 0) is 13.0 Å². The third-order valence-corrected chi connectivity index (χ3v) is 2.15. The lowest BCUT2D eigenvalue weighted by Gasteiger charge is -2.04. The largest absolute Gasteiger partial charge is 0.370 e. The van der Waals surface area contributed by atoms with Crippen LogP contribution in [0.2, 0.25) is 0 Å². The first kappa shape index (κ1) is 12.0. The molecule has 6 N–H and O–H groups in total. The van der Waals surface area contributed by atoms with Crippen molar-refractivity contribution >= 4 is 11.9 Å². The zero-order chi connectivity index (χ0) is 12.0. The molecule has 1 aromatic rings. The van der Waals surface area contributed by atoms with Crippen LogP contribution >= 0.6 is 0 Å². The fourth-order valence-electron chi connectivity index (χ4n) is 1.39. The molecule has 5 nitrogen and oxygen atoms in total. The molecule has 0 spiro atoms. The van der Waals surface area contributed by atoms with Crippen molar-refractivity contribution in [2.45, 2.75) is 19.9 Å². The van der Waals surface area contributed by atoms with E-state index >= 15 is 0 Å². The van der Waals surface area contributed by atoms with E-state index in [0.717, 1.165) is 12.0 Å². The number of hydrogen-bond donors (Lipinski definition) is 3. The molecule has 0 aromatic heterocycles. The van der Waals surface area contributed by atoms with Crippen LogP contribution in [0.4, 0.5) is 0 Å². The van der Waals surface area contributed by atoms with Crippen LogP contribution in [0.25, 0.3) is 0 Å². The molecule has 0 aliphatic heterocycles. The molecule has 0 bridgehead atoms. The quantitative estimate of drug-likeness (QED) is 0.504. The summed E-state index contributed by atoms with van der Waals surface area (Å²) in [6.45, 7) is 2.59. The Morgan fingerprint density at radius 3 is 2.31 bits per heavy atom. The standard InChI is InChI=1S/C11H17N5/c1-2-8-5-3-4-6-9(8)7-15-11(14)16-10(12)13/h3-6H,2,7H2,1H3,(H6,12,13,14,15,16). The Labute approximate surface area is 95.1 Å². The molecular weight excluding hydrogens is 202 g/mol. The van der Waals surface area contributed by atoms with E-state index in [4.69, 9.17) is 17.2 Å².